The fraction of sp³-hybridized carbons (Fsp3) is 0.250. The van der Waals surface area contributed by atoms with E-state index < -0.39 is 0 Å². The van der Waals surface area contributed by atoms with Crippen LogP contribution in [-0.4, -0.2) is 32.8 Å². The van der Waals surface area contributed by atoms with Crippen molar-refractivity contribution in [2.24, 2.45) is 0 Å². The molecule has 25 heavy (non-hydrogen) atoms. The summed E-state index contributed by atoms with van der Waals surface area (Å²) in [6.07, 6.45) is 3.22. The monoisotopic (exact) mass is 341 g/mol. The fourth-order valence-corrected chi connectivity index (χ4v) is 2.20. The van der Waals surface area contributed by atoms with Crippen molar-refractivity contribution in [3.05, 3.63) is 60.2 Å². The molecule has 2 rings (SSSR count). The maximum Gasteiger partial charge on any atom is 0.244 e. The standard InChI is InChI=1S/C20H23NO4/c1-3-24-17-9-5-4-8-16(17)12-13-20(22)21-14-15-25-19-11-7-6-10-18(19)23-2/h4-13H,3,14-15H2,1-2H3,(H,21,22)/b13-12+. The molecule has 132 valence electrons. The van der Waals surface area contributed by atoms with Crippen molar-refractivity contribution < 1.29 is 19.0 Å². The summed E-state index contributed by atoms with van der Waals surface area (Å²) in [6, 6.07) is 15.0. The predicted octanol–water partition coefficient (Wildman–Crippen LogP) is 3.30. The van der Waals surface area contributed by atoms with Crippen LogP contribution in [0.1, 0.15) is 12.5 Å². The molecule has 1 N–H and O–H groups in total. The fourth-order valence-electron chi connectivity index (χ4n) is 2.20. The van der Waals surface area contributed by atoms with Crippen LogP contribution in [0.3, 0.4) is 0 Å². The van der Waals surface area contributed by atoms with Crippen LogP contribution in [0.15, 0.2) is 54.6 Å². The van der Waals surface area contributed by atoms with E-state index in [1.807, 2.05) is 55.5 Å². The van der Waals surface area contributed by atoms with Crippen molar-refractivity contribution in [3.63, 3.8) is 0 Å². The lowest BCUT2D eigenvalue weighted by molar-refractivity contribution is -0.116. The van der Waals surface area contributed by atoms with Gasteiger partial charge in [-0.25, -0.2) is 0 Å². The minimum Gasteiger partial charge on any atom is -0.493 e. The topological polar surface area (TPSA) is 56.8 Å². The van der Waals surface area contributed by atoms with Gasteiger partial charge in [0, 0.05) is 11.6 Å². The summed E-state index contributed by atoms with van der Waals surface area (Å²) in [5, 5.41) is 2.78. The highest BCUT2D eigenvalue weighted by Crippen LogP contribution is 2.25. The number of nitrogens with one attached hydrogen (secondary N) is 1. The normalized spacial score (nSPS) is 10.5. The Kier molecular flexibility index (Phi) is 7.38. The zero-order valence-electron chi connectivity index (χ0n) is 14.5. The third kappa shape index (κ3) is 5.88. The molecular formula is C20H23NO4. The van der Waals surface area contributed by atoms with Gasteiger partial charge in [-0.15, -0.1) is 0 Å². The Morgan fingerprint density at radius 2 is 1.68 bits per heavy atom. The Bertz CT molecular complexity index is 712. The van der Waals surface area contributed by atoms with Crippen molar-refractivity contribution in [3.8, 4) is 17.2 Å². The molecule has 2 aromatic rings. The number of benzene rings is 2. The highest BCUT2D eigenvalue weighted by Gasteiger charge is 2.03. The molecule has 0 spiro atoms. The lowest BCUT2D eigenvalue weighted by atomic mass is 10.2. The van der Waals surface area contributed by atoms with Gasteiger partial charge in [0.2, 0.25) is 5.91 Å². The van der Waals surface area contributed by atoms with Gasteiger partial charge in [-0.1, -0.05) is 30.3 Å². The van der Waals surface area contributed by atoms with Crippen LogP contribution in [0.25, 0.3) is 6.08 Å². The zero-order chi connectivity index (χ0) is 17.9. The van der Waals surface area contributed by atoms with Gasteiger partial charge in [-0.3, -0.25) is 4.79 Å². The smallest absolute Gasteiger partial charge is 0.244 e. The van der Waals surface area contributed by atoms with E-state index in [0.29, 0.717) is 31.3 Å². The summed E-state index contributed by atoms with van der Waals surface area (Å²) in [5.41, 5.74) is 0.866. The molecule has 0 aliphatic rings. The van der Waals surface area contributed by atoms with E-state index >= 15 is 0 Å². The Hall–Kier alpha value is -2.95. The molecule has 0 aromatic heterocycles. The Morgan fingerprint density at radius 1 is 1.00 bits per heavy atom. The quantitative estimate of drug-likeness (QED) is 0.562. The summed E-state index contributed by atoms with van der Waals surface area (Å²) < 4.78 is 16.3. The van der Waals surface area contributed by atoms with Crippen molar-refractivity contribution >= 4 is 12.0 Å². The Morgan fingerprint density at radius 3 is 2.40 bits per heavy atom. The lowest BCUT2D eigenvalue weighted by Gasteiger charge is -2.10. The first-order valence-corrected chi connectivity index (χ1v) is 8.18. The Labute approximate surface area is 148 Å². The number of hydrogen-bond donors (Lipinski definition) is 1. The second-order valence-electron chi connectivity index (χ2n) is 5.09. The third-order valence-electron chi connectivity index (χ3n) is 3.36. The van der Waals surface area contributed by atoms with Crippen molar-refractivity contribution in [1.82, 2.24) is 5.32 Å². The second kappa shape index (κ2) is 10.0. The second-order valence-corrected chi connectivity index (χ2v) is 5.09. The minimum absolute atomic E-state index is 0.185. The maximum absolute atomic E-state index is 11.9. The number of carbonyl (C=O) groups is 1. The van der Waals surface area contributed by atoms with Gasteiger partial charge >= 0.3 is 0 Å². The van der Waals surface area contributed by atoms with E-state index in [0.717, 1.165) is 11.3 Å². The SMILES string of the molecule is CCOc1ccccc1/C=C/C(=O)NCCOc1ccccc1OC. The van der Waals surface area contributed by atoms with Gasteiger partial charge in [0.15, 0.2) is 11.5 Å². The number of para-hydroxylation sites is 3. The van der Waals surface area contributed by atoms with E-state index in [1.165, 1.54) is 6.08 Å². The number of carbonyl (C=O) groups excluding carboxylic acids is 1. The van der Waals surface area contributed by atoms with Crippen molar-refractivity contribution in [1.29, 1.82) is 0 Å². The molecule has 5 nitrogen and oxygen atoms in total. The van der Waals surface area contributed by atoms with Gasteiger partial charge in [0.05, 0.1) is 20.3 Å². The molecule has 0 saturated heterocycles. The van der Waals surface area contributed by atoms with E-state index in [9.17, 15) is 4.79 Å². The summed E-state index contributed by atoms with van der Waals surface area (Å²) in [6.45, 7) is 3.26. The van der Waals surface area contributed by atoms with E-state index in [-0.39, 0.29) is 5.91 Å². The van der Waals surface area contributed by atoms with E-state index in [4.69, 9.17) is 14.2 Å². The molecular weight excluding hydrogens is 318 g/mol. The first kappa shape index (κ1) is 18.4. The highest BCUT2D eigenvalue weighted by atomic mass is 16.5. The first-order valence-electron chi connectivity index (χ1n) is 8.18. The minimum atomic E-state index is -0.185. The summed E-state index contributed by atoms with van der Waals surface area (Å²) >= 11 is 0. The van der Waals surface area contributed by atoms with E-state index in [1.54, 1.807) is 13.2 Å². The van der Waals surface area contributed by atoms with Gasteiger partial charge in [-0.05, 0) is 31.2 Å². The number of hydrogen-bond acceptors (Lipinski definition) is 4. The lowest BCUT2D eigenvalue weighted by Crippen LogP contribution is -2.26. The first-order chi connectivity index (χ1) is 12.2. The molecule has 0 saturated carbocycles. The predicted molar refractivity (Wildman–Crippen MR) is 98.1 cm³/mol. The molecule has 0 aliphatic heterocycles. The molecule has 0 fully saturated rings. The van der Waals surface area contributed by atoms with Gasteiger partial charge < -0.3 is 19.5 Å². The van der Waals surface area contributed by atoms with Gasteiger partial charge in [-0.2, -0.15) is 0 Å². The van der Waals surface area contributed by atoms with Crippen LogP contribution < -0.4 is 19.5 Å². The number of rotatable bonds is 9. The summed E-state index contributed by atoms with van der Waals surface area (Å²) in [4.78, 5) is 11.9. The van der Waals surface area contributed by atoms with Crippen LogP contribution in [0.4, 0.5) is 0 Å². The van der Waals surface area contributed by atoms with Gasteiger partial charge in [0.1, 0.15) is 12.4 Å². The average Bonchev–Trinajstić information content (AvgIpc) is 2.65. The molecule has 0 aliphatic carbocycles. The summed E-state index contributed by atoms with van der Waals surface area (Å²) in [5.74, 6) is 1.89. The van der Waals surface area contributed by atoms with Crippen LogP contribution in [-0.2, 0) is 4.79 Å². The summed E-state index contributed by atoms with van der Waals surface area (Å²) in [7, 11) is 1.59. The largest absolute Gasteiger partial charge is 0.493 e. The maximum atomic E-state index is 11.9. The van der Waals surface area contributed by atoms with Crippen molar-refractivity contribution in [2.45, 2.75) is 6.92 Å². The Balaban J connectivity index is 1.79. The van der Waals surface area contributed by atoms with Crippen LogP contribution in [0, 0.1) is 0 Å². The molecule has 0 bridgehead atoms. The molecule has 0 radical (unpaired) electrons. The molecule has 2 aromatic carbocycles. The van der Waals surface area contributed by atoms with Crippen LogP contribution in [0.5, 0.6) is 17.2 Å². The molecule has 0 unspecified atom stereocenters. The number of amides is 1. The zero-order valence-corrected chi connectivity index (χ0v) is 14.5. The van der Waals surface area contributed by atoms with Crippen LogP contribution >= 0.6 is 0 Å². The number of methoxy groups -OCH3 is 1. The number of ether oxygens (including phenoxy) is 3. The average molecular weight is 341 g/mol. The third-order valence-corrected chi connectivity index (χ3v) is 3.36. The van der Waals surface area contributed by atoms with E-state index in [2.05, 4.69) is 5.32 Å². The molecule has 0 atom stereocenters. The molecule has 5 heteroatoms. The highest BCUT2D eigenvalue weighted by molar-refractivity contribution is 5.92. The van der Waals surface area contributed by atoms with Gasteiger partial charge in [0.25, 0.3) is 0 Å². The van der Waals surface area contributed by atoms with Crippen molar-refractivity contribution in [2.75, 3.05) is 26.9 Å². The molecule has 0 heterocycles. The van der Waals surface area contributed by atoms with Crippen LogP contribution in [0.2, 0.25) is 0 Å². The molecule has 1 amide bonds.